The lowest BCUT2D eigenvalue weighted by Crippen LogP contribution is -2.08. The zero-order valence-corrected chi connectivity index (χ0v) is 14.9. The second-order valence-corrected chi connectivity index (χ2v) is 7.37. The fourth-order valence-corrected chi connectivity index (χ4v) is 4.05. The van der Waals surface area contributed by atoms with Gasteiger partial charge in [-0.25, -0.2) is 14.4 Å². The topological polar surface area (TPSA) is 62.8 Å². The number of thioether (sulfide) groups is 1. The largest absolute Gasteiger partial charge is 0.489 e. The van der Waals surface area contributed by atoms with Gasteiger partial charge in [-0.05, 0) is 43.7 Å². The Bertz CT molecular complexity index is 925. The summed E-state index contributed by atoms with van der Waals surface area (Å²) in [6, 6.07) is 4.48. The van der Waals surface area contributed by atoms with Crippen LogP contribution in [0, 0.1) is 5.82 Å². The van der Waals surface area contributed by atoms with Crippen molar-refractivity contribution < 1.29 is 9.13 Å². The molecule has 25 heavy (non-hydrogen) atoms. The Morgan fingerprint density at radius 1 is 1.32 bits per heavy atom. The molecule has 2 aromatic heterocycles. The Morgan fingerprint density at radius 3 is 3.04 bits per heavy atom. The molecule has 0 saturated carbocycles. The van der Waals surface area contributed by atoms with E-state index in [1.165, 1.54) is 29.7 Å². The molecule has 0 atom stereocenters. The summed E-state index contributed by atoms with van der Waals surface area (Å²) in [5, 5.41) is 4.32. The second-order valence-electron chi connectivity index (χ2n) is 6.26. The van der Waals surface area contributed by atoms with Crippen LogP contribution < -0.4 is 10.1 Å². The maximum Gasteiger partial charge on any atom is 0.146 e. The van der Waals surface area contributed by atoms with Gasteiger partial charge in [-0.15, -0.1) is 0 Å². The molecule has 1 aromatic carbocycles. The fourth-order valence-electron chi connectivity index (χ4n) is 3.03. The number of hydrogen-bond donors (Lipinski definition) is 2. The molecule has 0 saturated heterocycles. The van der Waals surface area contributed by atoms with Crippen molar-refractivity contribution in [3.05, 3.63) is 41.6 Å². The van der Waals surface area contributed by atoms with E-state index in [4.69, 9.17) is 4.74 Å². The number of aromatic nitrogens is 3. The molecule has 0 amide bonds. The maximum atomic E-state index is 13.6. The lowest BCUT2D eigenvalue weighted by molar-refractivity contribution is 0.243. The minimum Gasteiger partial charge on any atom is -0.489 e. The van der Waals surface area contributed by atoms with E-state index in [0.717, 1.165) is 29.0 Å². The van der Waals surface area contributed by atoms with Gasteiger partial charge in [0, 0.05) is 17.5 Å². The summed E-state index contributed by atoms with van der Waals surface area (Å²) in [5.74, 6) is 2.91. The van der Waals surface area contributed by atoms with E-state index in [-0.39, 0.29) is 11.9 Å². The summed E-state index contributed by atoms with van der Waals surface area (Å²) >= 11 is 1.91. The fraction of sp³-hybridized carbons (Fsp3) is 0.333. The van der Waals surface area contributed by atoms with Crippen molar-refractivity contribution in [2.24, 2.45) is 0 Å². The number of aromatic amines is 1. The number of nitrogens with zero attached hydrogens (tertiary/aromatic N) is 2. The minimum absolute atomic E-state index is 0.0517. The Morgan fingerprint density at radius 2 is 2.20 bits per heavy atom. The molecule has 1 aliphatic rings. The van der Waals surface area contributed by atoms with Crippen LogP contribution in [0.25, 0.3) is 11.0 Å². The Hall–Kier alpha value is -2.28. The Balaban J connectivity index is 1.78. The van der Waals surface area contributed by atoms with Crippen LogP contribution >= 0.6 is 11.8 Å². The number of aryl methyl sites for hydroxylation is 1. The summed E-state index contributed by atoms with van der Waals surface area (Å²) in [4.78, 5) is 12.2. The lowest BCUT2D eigenvalue weighted by Gasteiger charge is -2.16. The van der Waals surface area contributed by atoms with E-state index in [9.17, 15) is 4.39 Å². The first-order valence-electron chi connectivity index (χ1n) is 8.27. The molecule has 4 rings (SSSR count). The first-order chi connectivity index (χ1) is 12.1. The predicted octanol–water partition coefficient (Wildman–Crippen LogP) is 4.42. The normalized spacial score (nSPS) is 13.9. The standard InChI is InChI=1S/C18H19FN4OS/c1-10(2)24-15-7-11(19)3-4-14(15)23-18-16-12-8-25-6-5-13(12)22-17(16)20-9-21-18/h3-4,7,9-10H,5-6,8H2,1-2H3,(H2,20,21,22,23). The SMILES string of the molecule is CC(C)Oc1cc(F)ccc1Nc1ncnc2[nH]c3c(c12)CSCC3. The lowest BCUT2D eigenvalue weighted by atomic mass is 10.1. The van der Waals surface area contributed by atoms with Crippen molar-refractivity contribution in [3.63, 3.8) is 0 Å². The summed E-state index contributed by atoms with van der Waals surface area (Å²) in [5.41, 5.74) is 4.00. The summed E-state index contributed by atoms with van der Waals surface area (Å²) < 4.78 is 19.4. The monoisotopic (exact) mass is 358 g/mol. The van der Waals surface area contributed by atoms with Crippen LogP contribution in [0.4, 0.5) is 15.9 Å². The van der Waals surface area contributed by atoms with E-state index in [0.29, 0.717) is 17.3 Å². The van der Waals surface area contributed by atoms with Crippen LogP contribution in [0.5, 0.6) is 5.75 Å². The van der Waals surface area contributed by atoms with Crippen molar-refractivity contribution in [2.75, 3.05) is 11.1 Å². The molecule has 0 bridgehead atoms. The molecule has 1 aliphatic heterocycles. The number of halogens is 1. The number of anilines is 2. The first kappa shape index (κ1) is 16.2. The number of benzene rings is 1. The van der Waals surface area contributed by atoms with Crippen molar-refractivity contribution in [1.82, 2.24) is 15.0 Å². The van der Waals surface area contributed by atoms with Crippen molar-refractivity contribution >= 4 is 34.3 Å². The van der Waals surface area contributed by atoms with Gasteiger partial charge in [-0.2, -0.15) is 11.8 Å². The highest BCUT2D eigenvalue weighted by atomic mass is 32.2. The van der Waals surface area contributed by atoms with Crippen molar-refractivity contribution in [2.45, 2.75) is 32.1 Å². The van der Waals surface area contributed by atoms with Gasteiger partial charge in [0.05, 0.1) is 17.2 Å². The highest BCUT2D eigenvalue weighted by molar-refractivity contribution is 7.98. The quantitative estimate of drug-likeness (QED) is 0.723. The van der Waals surface area contributed by atoms with Crippen LogP contribution in [-0.2, 0) is 12.2 Å². The highest BCUT2D eigenvalue weighted by Crippen LogP contribution is 2.36. The van der Waals surface area contributed by atoms with E-state index in [2.05, 4.69) is 20.3 Å². The molecule has 3 aromatic rings. The van der Waals surface area contributed by atoms with Gasteiger partial charge in [-0.1, -0.05) is 0 Å². The molecule has 130 valence electrons. The molecule has 0 fully saturated rings. The molecule has 7 heteroatoms. The van der Waals surface area contributed by atoms with Crippen LogP contribution in [0.15, 0.2) is 24.5 Å². The van der Waals surface area contributed by atoms with E-state index in [1.54, 1.807) is 6.07 Å². The van der Waals surface area contributed by atoms with Gasteiger partial charge in [0.15, 0.2) is 0 Å². The molecule has 0 aliphatic carbocycles. The van der Waals surface area contributed by atoms with Crippen LogP contribution in [-0.4, -0.2) is 26.8 Å². The number of hydrogen-bond acceptors (Lipinski definition) is 5. The maximum absolute atomic E-state index is 13.6. The van der Waals surface area contributed by atoms with E-state index < -0.39 is 0 Å². The van der Waals surface area contributed by atoms with Gasteiger partial charge in [0.2, 0.25) is 0 Å². The van der Waals surface area contributed by atoms with Crippen molar-refractivity contribution in [1.29, 1.82) is 0 Å². The van der Waals surface area contributed by atoms with Gasteiger partial charge in [0.25, 0.3) is 0 Å². The van der Waals surface area contributed by atoms with Gasteiger partial charge < -0.3 is 15.0 Å². The molecular weight excluding hydrogens is 339 g/mol. The van der Waals surface area contributed by atoms with Gasteiger partial charge in [0.1, 0.15) is 29.4 Å². The third-order valence-corrected chi connectivity index (χ3v) is 5.07. The smallest absolute Gasteiger partial charge is 0.146 e. The molecule has 5 nitrogen and oxygen atoms in total. The van der Waals surface area contributed by atoms with E-state index in [1.807, 2.05) is 25.6 Å². The average Bonchev–Trinajstić information content (AvgIpc) is 2.96. The average molecular weight is 358 g/mol. The third-order valence-electron chi connectivity index (χ3n) is 4.08. The van der Waals surface area contributed by atoms with Crippen LogP contribution in [0.2, 0.25) is 0 Å². The van der Waals surface area contributed by atoms with Crippen LogP contribution in [0.1, 0.15) is 25.1 Å². The minimum atomic E-state index is -0.329. The number of rotatable bonds is 4. The molecule has 2 N–H and O–H groups in total. The Kier molecular flexibility index (Phi) is 4.25. The van der Waals surface area contributed by atoms with Gasteiger partial charge >= 0.3 is 0 Å². The zero-order chi connectivity index (χ0) is 17.4. The van der Waals surface area contributed by atoms with Crippen LogP contribution in [0.3, 0.4) is 0 Å². The molecule has 0 spiro atoms. The van der Waals surface area contributed by atoms with Gasteiger partial charge in [-0.3, -0.25) is 0 Å². The predicted molar refractivity (Wildman–Crippen MR) is 99.2 cm³/mol. The number of fused-ring (bicyclic) bond motifs is 3. The molecule has 0 unspecified atom stereocenters. The molecule has 3 heterocycles. The molecule has 0 radical (unpaired) electrons. The second kappa shape index (κ2) is 6.55. The van der Waals surface area contributed by atoms with E-state index >= 15 is 0 Å². The highest BCUT2D eigenvalue weighted by Gasteiger charge is 2.20. The summed E-state index contributed by atoms with van der Waals surface area (Å²) in [7, 11) is 0. The van der Waals surface area contributed by atoms with Crippen molar-refractivity contribution in [3.8, 4) is 5.75 Å². The first-order valence-corrected chi connectivity index (χ1v) is 9.42. The summed E-state index contributed by atoms with van der Waals surface area (Å²) in [6.07, 6.45) is 2.49. The Labute approximate surface area is 149 Å². The number of H-pyrrole nitrogens is 1. The zero-order valence-electron chi connectivity index (χ0n) is 14.1. The molecular formula is C18H19FN4OS. The number of nitrogens with one attached hydrogen (secondary N) is 2. The third kappa shape index (κ3) is 3.16. The number of ether oxygens (including phenoxy) is 1. The summed E-state index contributed by atoms with van der Waals surface area (Å²) in [6.45, 7) is 3.83.